The molecule has 0 aliphatic heterocycles. The lowest BCUT2D eigenvalue weighted by atomic mass is 10.3. The second-order valence-electron chi connectivity index (χ2n) is 4.16. The highest BCUT2D eigenvalue weighted by molar-refractivity contribution is 6.31. The summed E-state index contributed by atoms with van der Waals surface area (Å²) in [6, 6.07) is 3.83. The number of halogens is 1. The molecular weight excluding hydrogens is 250 g/mol. The van der Waals surface area contributed by atoms with Crippen LogP contribution in [0.5, 0.6) is 0 Å². The van der Waals surface area contributed by atoms with Crippen LogP contribution >= 0.6 is 11.6 Å². The van der Waals surface area contributed by atoms with Crippen molar-refractivity contribution in [2.45, 2.75) is 40.0 Å². The van der Waals surface area contributed by atoms with Gasteiger partial charge >= 0.3 is 0 Å². The molecule has 4 nitrogen and oxygen atoms in total. The fourth-order valence-electron chi connectivity index (χ4n) is 2.08. The van der Waals surface area contributed by atoms with Crippen LogP contribution in [0.1, 0.15) is 30.9 Å². The fraction of sp³-hybridized carbons (Fsp3) is 0.462. The average Bonchev–Trinajstić information content (AvgIpc) is 2.95. The molecule has 98 valence electrons. The highest BCUT2D eigenvalue weighted by Gasteiger charge is 2.15. The van der Waals surface area contributed by atoms with Crippen LogP contribution in [0.15, 0.2) is 18.3 Å². The SMILES string of the molecule is CCc1nn(CC)c(Cn2cccc2CO)c1Cl. The zero-order valence-corrected chi connectivity index (χ0v) is 11.5. The maximum absolute atomic E-state index is 9.26. The maximum Gasteiger partial charge on any atom is 0.0868 e. The van der Waals surface area contributed by atoms with E-state index in [9.17, 15) is 5.11 Å². The molecule has 0 fully saturated rings. The normalized spacial score (nSPS) is 11.1. The van der Waals surface area contributed by atoms with E-state index in [1.165, 1.54) is 0 Å². The quantitative estimate of drug-likeness (QED) is 0.904. The number of hydrogen-bond donors (Lipinski definition) is 1. The van der Waals surface area contributed by atoms with Crippen molar-refractivity contribution >= 4 is 11.6 Å². The lowest BCUT2D eigenvalue weighted by Crippen LogP contribution is -2.09. The minimum Gasteiger partial charge on any atom is -0.390 e. The van der Waals surface area contributed by atoms with E-state index in [1.807, 2.05) is 34.5 Å². The van der Waals surface area contributed by atoms with Crippen LogP contribution in [0, 0.1) is 0 Å². The average molecular weight is 268 g/mol. The van der Waals surface area contributed by atoms with Gasteiger partial charge < -0.3 is 9.67 Å². The van der Waals surface area contributed by atoms with Crippen molar-refractivity contribution in [1.29, 1.82) is 0 Å². The van der Waals surface area contributed by atoms with E-state index in [0.717, 1.165) is 35.1 Å². The van der Waals surface area contributed by atoms with Gasteiger partial charge in [-0.25, -0.2) is 0 Å². The lowest BCUT2D eigenvalue weighted by molar-refractivity contribution is 0.271. The van der Waals surface area contributed by atoms with Crippen LogP contribution in [-0.2, 0) is 26.1 Å². The van der Waals surface area contributed by atoms with Gasteiger partial charge in [-0.05, 0) is 25.5 Å². The summed E-state index contributed by atoms with van der Waals surface area (Å²) in [5.74, 6) is 0. The Balaban J connectivity index is 2.36. The minimum absolute atomic E-state index is 0.0333. The molecule has 2 rings (SSSR count). The summed E-state index contributed by atoms with van der Waals surface area (Å²) in [5, 5.41) is 14.5. The van der Waals surface area contributed by atoms with Crippen molar-refractivity contribution in [2.24, 2.45) is 0 Å². The van der Waals surface area contributed by atoms with E-state index >= 15 is 0 Å². The Labute approximate surface area is 112 Å². The summed E-state index contributed by atoms with van der Waals surface area (Å²) in [5.41, 5.74) is 2.82. The van der Waals surface area contributed by atoms with Gasteiger partial charge in [0.05, 0.1) is 29.6 Å². The van der Waals surface area contributed by atoms with Gasteiger partial charge in [-0.3, -0.25) is 4.68 Å². The van der Waals surface area contributed by atoms with Gasteiger partial charge in [-0.1, -0.05) is 18.5 Å². The first-order valence-corrected chi connectivity index (χ1v) is 6.57. The third-order valence-corrected chi connectivity index (χ3v) is 3.54. The van der Waals surface area contributed by atoms with E-state index in [4.69, 9.17) is 11.6 Å². The van der Waals surface area contributed by atoms with Gasteiger partial charge in [0.2, 0.25) is 0 Å². The molecule has 5 heteroatoms. The Morgan fingerprint density at radius 2 is 2.17 bits per heavy atom. The third kappa shape index (κ3) is 2.31. The highest BCUT2D eigenvalue weighted by atomic mass is 35.5. The van der Waals surface area contributed by atoms with E-state index < -0.39 is 0 Å². The molecule has 2 heterocycles. The number of hydrogen-bond acceptors (Lipinski definition) is 2. The van der Waals surface area contributed by atoms with Crippen LogP contribution in [0.3, 0.4) is 0 Å². The topological polar surface area (TPSA) is 43.0 Å². The molecule has 0 bridgehead atoms. The molecule has 2 aromatic heterocycles. The van der Waals surface area contributed by atoms with E-state index in [1.54, 1.807) is 0 Å². The number of aromatic nitrogens is 3. The van der Waals surface area contributed by atoms with Crippen molar-refractivity contribution in [3.63, 3.8) is 0 Å². The molecule has 0 radical (unpaired) electrons. The Bertz CT molecular complexity index is 530. The van der Waals surface area contributed by atoms with E-state index in [0.29, 0.717) is 6.54 Å². The Hall–Kier alpha value is -1.26. The Morgan fingerprint density at radius 1 is 1.39 bits per heavy atom. The lowest BCUT2D eigenvalue weighted by Gasteiger charge is -2.09. The zero-order chi connectivity index (χ0) is 13.1. The molecule has 0 saturated heterocycles. The standard InChI is InChI=1S/C13H18ClN3O/c1-3-11-13(14)12(17(4-2)15-11)8-16-7-5-6-10(16)9-18/h5-7,18H,3-4,8-9H2,1-2H3. The number of aryl methyl sites for hydroxylation is 2. The molecule has 0 atom stereocenters. The predicted octanol–water partition coefficient (Wildman–Crippen LogP) is 2.46. The van der Waals surface area contributed by atoms with Gasteiger partial charge in [-0.2, -0.15) is 5.10 Å². The molecule has 2 aromatic rings. The third-order valence-electron chi connectivity index (χ3n) is 3.10. The molecule has 1 N–H and O–H groups in total. The van der Waals surface area contributed by atoms with Crippen molar-refractivity contribution in [2.75, 3.05) is 0 Å². The van der Waals surface area contributed by atoms with Crippen LogP contribution in [0.4, 0.5) is 0 Å². The Morgan fingerprint density at radius 3 is 2.78 bits per heavy atom. The summed E-state index contributed by atoms with van der Waals surface area (Å²) in [6.07, 6.45) is 2.78. The van der Waals surface area contributed by atoms with E-state index in [-0.39, 0.29) is 6.61 Å². The second kappa shape index (κ2) is 5.59. The number of aliphatic hydroxyl groups excluding tert-OH is 1. The summed E-state index contributed by atoms with van der Waals surface area (Å²) in [4.78, 5) is 0. The fourth-order valence-corrected chi connectivity index (χ4v) is 2.41. The number of aliphatic hydroxyl groups is 1. The van der Waals surface area contributed by atoms with Crippen molar-refractivity contribution < 1.29 is 5.11 Å². The van der Waals surface area contributed by atoms with Crippen molar-refractivity contribution in [1.82, 2.24) is 14.3 Å². The summed E-state index contributed by atoms with van der Waals surface area (Å²) < 4.78 is 3.93. The van der Waals surface area contributed by atoms with Crippen LogP contribution in [0.25, 0.3) is 0 Å². The highest BCUT2D eigenvalue weighted by Crippen LogP contribution is 2.23. The predicted molar refractivity (Wildman–Crippen MR) is 71.7 cm³/mol. The maximum atomic E-state index is 9.26. The summed E-state index contributed by atoms with van der Waals surface area (Å²) in [6.45, 7) is 5.57. The molecule has 0 saturated carbocycles. The number of nitrogens with zero attached hydrogens (tertiary/aromatic N) is 3. The van der Waals surface area contributed by atoms with Crippen LogP contribution < -0.4 is 0 Å². The zero-order valence-electron chi connectivity index (χ0n) is 10.7. The molecule has 0 aliphatic carbocycles. The molecule has 0 spiro atoms. The van der Waals surface area contributed by atoms with Gasteiger partial charge in [0, 0.05) is 18.4 Å². The first-order valence-electron chi connectivity index (χ1n) is 6.20. The van der Waals surface area contributed by atoms with Gasteiger partial charge in [-0.15, -0.1) is 0 Å². The molecule has 0 unspecified atom stereocenters. The van der Waals surface area contributed by atoms with Gasteiger partial charge in [0.25, 0.3) is 0 Å². The van der Waals surface area contributed by atoms with Crippen molar-refractivity contribution in [3.8, 4) is 0 Å². The molecular formula is C13H18ClN3O. The smallest absolute Gasteiger partial charge is 0.0868 e. The molecule has 0 aliphatic rings. The first kappa shape index (κ1) is 13.2. The Kier molecular flexibility index (Phi) is 4.09. The van der Waals surface area contributed by atoms with Gasteiger partial charge in [0.1, 0.15) is 0 Å². The van der Waals surface area contributed by atoms with Crippen LogP contribution in [0.2, 0.25) is 5.02 Å². The first-order chi connectivity index (χ1) is 8.71. The molecule has 0 amide bonds. The van der Waals surface area contributed by atoms with E-state index in [2.05, 4.69) is 12.0 Å². The van der Waals surface area contributed by atoms with Crippen molar-refractivity contribution in [3.05, 3.63) is 40.4 Å². The summed E-state index contributed by atoms with van der Waals surface area (Å²) in [7, 11) is 0. The largest absolute Gasteiger partial charge is 0.390 e. The molecule has 0 aromatic carbocycles. The van der Waals surface area contributed by atoms with Crippen LogP contribution in [-0.4, -0.2) is 19.5 Å². The molecule has 18 heavy (non-hydrogen) atoms. The minimum atomic E-state index is 0.0333. The van der Waals surface area contributed by atoms with Gasteiger partial charge in [0.15, 0.2) is 0 Å². The monoisotopic (exact) mass is 267 g/mol. The summed E-state index contributed by atoms with van der Waals surface area (Å²) >= 11 is 6.36. The number of rotatable bonds is 5. The second-order valence-corrected chi connectivity index (χ2v) is 4.54.